The summed E-state index contributed by atoms with van der Waals surface area (Å²) in [4.78, 5) is 0. The van der Waals surface area contributed by atoms with Gasteiger partial charge in [-0.3, -0.25) is 0 Å². The molecular formula is C18H23NO2. The summed E-state index contributed by atoms with van der Waals surface area (Å²) < 4.78 is 5.23. The summed E-state index contributed by atoms with van der Waals surface area (Å²) in [5.41, 5.74) is 4.49. The van der Waals surface area contributed by atoms with E-state index >= 15 is 0 Å². The summed E-state index contributed by atoms with van der Waals surface area (Å²) in [6.07, 6.45) is 0. The zero-order valence-electron chi connectivity index (χ0n) is 12.9. The van der Waals surface area contributed by atoms with Crippen LogP contribution < -0.4 is 5.32 Å². The van der Waals surface area contributed by atoms with Crippen molar-refractivity contribution in [2.45, 2.75) is 33.0 Å². The smallest absolute Gasteiger partial charge is 0.120 e. The normalized spacial score (nSPS) is 12.3. The molecule has 21 heavy (non-hydrogen) atoms. The quantitative estimate of drug-likeness (QED) is 0.850. The predicted molar refractivity (Wildman–Crippen MR) is 85.3 cm³/mol. The number of hydrogen-bond acceptors (Lipinski definition) is 3. The van der Waals surface area contributed by atoms with Gasteiger partial charge in [-0.25, -0.2) is 0 Å². The Morgan fingerprint density at radius 3 is 2.57 bits per heavy atom. The minimum Gasteiger partial charge on any atom is -0.508 e. The highest BCUT2D eigenvalue weighted by atomic mass is 16.5. The second-order valence-corrected chi connectivity index (χ2v) is 5.37. The lowest BCUT2D eigenvalue weighted by Gasteiger charge is -2.17. The second-order valence-electron chi connectivity index (χ2n) is 5.37. The monoisotopic (exact) mass is 285 g/mol. The highest BCUT2D eigenvalue weighted by molar-refractivity contribution is 5.38. The molecule has 2 N–H and O–H groups in total. The number of phenolic OH excluding ortho intramolecular Hbond substituents is 1. The van der Waals surface area contributed by atoms with Gasteiger partial charge in [0.05, 0.1) is 6.61 Å². The lowest BCUT2D eigenvalue weighted by molar-refractivity contribution is 0.184. The molecule has 0 saturated heterocycles. The lowest BCUT2D eigenvalue weighted by Crippen LogP contribution is -2.19. The Labute approximate surface area is 126 Å². The van der Waals surface area contributed by atoms with Gasteiger partial charge in [0.25, 0.3) is 0 Å². The van der Waals surface area contributed by atoms with Crippen molar-refractivity contribution in [3.8, 4) is 5.75 Å². The first kappa shape index (κ1) is 15.5. The molecule has 112 valence electrons. The molecule has 2 aromatic rings. The molecule has 3 nitrogen and oxygen atoms in total. The van der Waals surface area contributed by atoms with Crippen molar-refractivity contribution in [3.63, 3.8) is 0 Å². The Morgan fingerprint density at radius 2 is 1.86 bits per heavy atom. The van der Waals surface area contributed by atoms with Crippen LogP contribution in [0.5, 0.6) is 5.75 Å². The summed E-state index contributed by atoms with van der Waals surface area (Å²) in [5.74, 6) is 0.339. The number of aromatic hydroxyl groups is 1. The van der Waals surface area contributed by atoms with E-state index < -0.39 is 0 Å². The van der Waals surface area contributed by atoms with E-state index in [1.807, 2.05) is 31.2 Å². The first-order valence-electron chi connectivity index (χ1n) is 7.20. The number of benzene rings is 2. The van der Waals surface area contributed by atoms with E-state index in [2.05, 4.69) is 24.4 Å². The second kappa shape index (κ2) is 7.25. The van der Waals surface area contributed by atoms with Gasteiger partial charge in [0.2, 0.25) is 0 Å². The van der Waals surface area contributed by atoms with Crippen LogP contribution in [0.3, 0.4) is 0 Å². The van der Waals surface area contributed by atoms with Crippen LogP contribution in [0, 0.1) is 6.92 Å². The van der Waals surface area contributed by atoms with Crippen molar-refractivity contribution in [3.05, 3.63) is 64.7 Å². The van der Waals surface area contributed by atoms with Gasteiger partial charge in [-0.1, -0.05) is 42.0 Å². The number of nitrogens with one attached hydrogen (secondary N) is 1. The molecule has 0 spiro atoms. The van der Waals surface area contributed by atoms with Crippen molar-refractivity contribution in [2.75, 3.05) is 7.11 Å². The van der Waals surface area contributed by atoms with Gasteiger partial charge in [0, 0.05) is 25.3 Å². The standard InChI is InChI=1S/C18H23NO2/c1-13-8-9-18(20)17(10-13)14(2)19-11-15-6-4-5-7-16(15)12-21-3/h4-10,14,19-20H,11-12H2,1-3H3. The number of methoxy groups -OCH3 is 1. The van der Waals surface area contributed by atoms with E-state index in [4.69, 9.17) is 4.74 Å². The fraction of sp³-hybridized carbons (Fsp3) is 0.333. The summed E-state index contributed by atoms with van der Waals surface area (Å²) >= 11 is 0. The molecule has 0 aliphatic carbocycles. The molecule has 0 aromatic heterocycles. The van der Waals surface area contributed by atoms with E-state index in [1.165, 1.54) is 11.1 Å². The first-order chi connectivity index (χ1) is 10.1. The van der Waals surface area contributed by atoms with Crippen molar-refractivity contribution in [1.29, 1.82) is 0 Å². The highest BCUT2D eigenvalue weighted by Gasteiger charge is 2.11. The zero-order chi connectivity index (χ0) is 15.2. The molecule has 2 rings (SSSR count). The molecule has 0 aliphatic rings. The van der Waals surface area contributed by atoms with E-state index in [0.29, 0.717) is 12.4 Å². The van der Waals surface area contributed by atoms with Crippen molar-refractivity contribution in [2.24, 2.45) is 0 Å². The lowest BCUT2D eigenvalue weighted by atomic mass is 10.0. The van der Waals surface area contributed by atoms with Gasteiger partial charge in [-0.2, -0.15) is 0 Å². The first-order valence-corrected chi connectivity index (χ1v) is 7.20. The molecule has 0 aliphatic heterocycles. The fourth-order valence-electron chi connectivity index (χ4n) is 2.42. The molecule has 0 fully saturated rings. The van der Waals surface area contributed by atoms with Gasteiger partial charge in [-0.15, -0.1) is 0 Å². The maximum atomic E-state index is 9.98. The number of aryl methyl sites for hydroxylation is 1. The number of ether oxygens (including phenoxy) is 1. The SMILES string of the molecule is COCc1ccccc1CNC(C)c1cc(C)ccc1O. The van der Waals surface area contributed by atoms with Crippen LogP contribution in [-0.2, 0) is 17.9 Å². The third-order valence-electron chi connectivity index (χ3n) is 3.67. The maximum absolute atomic E-state index is 9.98. The van der Waals surface area contributed by atoms with E-state index in [1.54, 1.807) is 13.2 Å². The summed E-state index contributed by atoms with van der Waals surface area (Å²) in [6, 6.07) is 14.0. The van der Waals surface area contributed by atoms with Gasteiger partial charge in [0.15, 0.2) is 0 Å². The minimum absolute atomic E-state index is 0.0838. The van der Waals surface area contributed by atoms with E-state index in [9.17, 15) is 5.11 Å². The average molecular weight is 285 g/mol. The molecule has 0 heterocycles. The van der Waals surface area contributed by atoms with Crippen LogP contribution in [0.1, 0.15) is 35.2 Å². The van der Waals surface area contributed by atoms with Crippen LogP contribution in [0.4, 0.5) is 0 Å². The number of rotatable bonds is 6. The average Bonchev–Trinajstić information content (AvgIpc) is 2.49. The molecule has 0 amide bonds. The largest absolute Gasteiger partial charge is 0.508 e. The molecule has 1 atom stereocenters. The fourth-order valence-corrected chi connectivity index (χ4v) is 2.42. The summed E-state index contributed by atoms with van der Waals surface area (Å²) in [5, 5.41) is 13.4. The van der Waals surface area contributed by atoms with Crippen LogP contribution >= 0.6 is 0 Å². The predicted octanol–water partition coefficient (Wildman–Crippen LogP) is 3.70. The van der Waals surface area contributed by atoms with Crippen LogP contribution in [0.2, 0.25) is 0 Å². The number of hydrogen-bond donors (Lipinski definition) is 2. The van der Waals surface area contributed by atoms with Crippen LogP contribution in [0.15, 0.2) is 42.5 Å². The van der Waals surface area contributed by atoms with Crippen molar-refractivity contribution < 1.29 is 9.84 Å². The Hall–Kier alpha value is -1.84. The van der Waals surface area contributed by atoms with Gasteiger partial charge >= 0.3 is 0 Å². The van der Waals surface area contributed by atoms with Crippen molar-refractivity contribution in [1.82, 2.24) is 5.32 Å². The Bertz CT molecular complexity index is 596. The third kappa shape index (κ3) is 4.06. The highest BCUT2D eigenvalue weighted by Crippen LogP contribution is 2.25. The Kier molecular flexibility index (Phi) is 5.37. The van der Waals surface area contributed by atoms with Crippen LogP contribution in [-0.4, -0.2) is 12.2 Å². The van der Waals surface area contributed by atoms with Gasteiger partial charge in [0.1, 0.15) is 5.75 Å². The Morgan fingerprint density at radius 1 is 1.14 bits per heavy atom. The van der Waals surface area contributed by atoms with E-state index in [-0.39, 0.29) is 6.04 Å². The van der Waals surface area contributed by atoms with Gasteiger partial charge in [-0.05, 0) is 31.0 Å². The molecule has 1 unspecified atom stereocenters. The third-order valence-corrected chi connectivity index (χ3v) is 3.67. The number of phenols is 1. The molecule has 0 bridgehead atoms. The summed E-state index contributed by atoms with van der Waals surface area (Å²) in [7, 11) is 1.71. The molecule has 3 heteroatoms. The topological polar surface area (TPSA) is 41.5 Å². The minimum atomic E-state index is 0.0838. The summed E-state index contributed by atoms with van der Waals surface area (Å²) in [6.45, 7) is 5.45. The van der Waals surface area contributed by atoms with Crippen LogP contribution in [0.25, 0.3) is 0 Å². The molecule has 0 radical (unpaired) electrons. The van der Waals surface area contributed by atoms with Gasteiger partial charge < -0.3 is 15.2 Å². The molecular weight excluding hydrogens is 262 g/mol. The van der Waals surface area contributed by atoms with Crippen molar-refractivity contribution >= 4 is 0 Å². The Balaban J connectivity index is 2.07. The molecule has 0 saturated carbocycles. The van der Waals surface area contributed by atoms with E-state index in [0.717, 1.165) is 17.7 Å². The maximum Gasteiger partial charge on any atom is 0.120 e. The zero-order valence-corrected chi connectivity index (χ0v) is 12.9. The molecule has 2 aromatic carbocycles.